The first-order chi connectivity index (χ1) is 11.4. The number of rotatable bonds is 6. The standard InChI is InChI=1S/C16H19NO5S2/c18-15(10-22-16(19)6-5-14-2-1-8-23-14)17(12-3-4-12)13-7-9-24(20,21)11-13/h1-2,5-6,8,12-13H,3-4,7,9-11H2/b6-5+/t13-/m1/s1. The van der Waals surface area contributed by atoms with Crippen molar-refractivity contribution in [1.82, 2.24) is 4.90 Å². The highest BCUT2D eigenvalue weighted by atomic mass is 32.2. The molecule has 0 spiro atoms. The Morgan fingerprint density at radius 1 is 1.29 bits per heavy atom. The molecule has 8 heteroatoms. The topological polar surface area (TPSA) is 80.8 Å². The van der Waals surface area contributed by atoms with Crippen molar-refractivity contribution >= 4 is 39.1 Å². The van der Waals surface area contributed by atoms with E-state index < -0.39 is 15.8 Å². The van der Waals surface area contributed by atoms with E-state index in [0.717, 1.165) is 17.7 Å². The van der Waals surface area contributed by atoms with Crippen LogP contribution in [0.25, 0.3) is 6.08 Å². The molecule has 1 saturated heterocycles. The molecule has 1 aliphatic heterocycles. The molecule has 0 bridgehead atoms. The molecular formula is C16H19NO5S2. The first-order valence-corrected chi connectivity index (χ1v) is 10.5. The molecule has 1 aromatic rings. The third-order valence-electron chi connectivity index (χ3n) is 4.09. The number of carbonyl (C=O) groups excluding carboxylic acids is 2. The van der Waals surface area contributed by atoms with Gasteiger partial charge in [0.2, 0.25) is 0 Å². The monoisotopic (exact) mass is 369 g/mol. The minimum Gasteiger partial charge on any atom is -0.452 e. The Bertz CT molecular complexity index is 735. The molecule has 0 unspecified atom stereocenters. The fourth-order valence-electron chi connectivity index (χ4n) is 2.84. The lowest BCUT2D eigenvalue weighted by molar-refractivity contribution is -0.149. The van der Waals surface area contributed by atoms with Crippen LogP contribution in [0.1, 0.15) is 24.1 Å². The molecule has 24 heavy (non-hydrogen) atoms. The number of thiophene rings is 1. The van der Waals surface area contributed by atoms with Gasteiger partial charge in [0.15, 0.2) is 16.4 Å². The van der Waals surface area contributed by atoms with Crippen LogP contribution in [0.5, 0.6) is 0 Å². The summed E-state index contributed by atoms with van der Waals surface area (Å²) in [5, 5.41) is 1.90. The lowest BCUT2D eigenvalue weighted by Crippen LogP contribution is -2.44. The van der Waals surface area contributed by atoms with Gasteiger partial charge in [-0.2, -0.15) is 0 Å². The summed E-state index contributed by atoms with van der Waals surface area (Å²) in [5.74, 6) is -0.747. The van der Waals surface area contributed by atoms with Gasteiger partial charge in [0.05, 0.1) is 11.5 Å². The van der Waals surface area contributed by atoms with Crippen LogP contribution < -0.4 is 0 Å². The predicted molar refractivity (Wildman–Crippen MR) is 91.2 cm³/mol. The molecule has 2 fully saturated rings. The van der Waals surface area contributed by atoms with E-state index in [1.165, 1.54) is 17.4 Å². The number of esters is 1. The molecule has 0 N–H and O–H groups in total. The molecule has 1 atom stereocenters. The minimum atomic E-state index is -3.06. The molecule has 2 heterocycles. The summed E-state index contributed by atoms with van der Waals surface area (Å²) < 4.78 is 28.3. The van der Waals surface area contributed by atoms with E-state index in [2.05, 4.69) is 0 Å². The van der Waals surface area contributed by atoms with E-state index in [0.29, 0.717) is 6.42 Å². The molecule has 130 valence electrons. The molecule has 1 saturated carbocycles. The third kappa shape index (κ3) is 4.45. The summed E-state index contributed by atoms with van der Waals surface area (Å²) in [6.45, 7) is -0.347. The van der Waals surface area contributed by atoms with Crippen molar-refractivity contribution in [2.75, 3.05) is 18.1 Å². The Kier molecular flexibility index (Phi) is 5.05. The van der Waals surface area contributed by atoms with Crippen LogP contribution in [0.2, 0.25) is 0 Å². The maximum Gasteiger partial charge on any atom is 0.331 e. The smallest absolute Gasteiger partial charge is 0.331 e. The molecule has 3 rings (SSSR count). The number of ether oxygens (including phenoxy) is 1. The lowest BCUT2D eigenvalue weighted by Gasteiger charge is -2.28. The van der Waals surface area contributed by atoms with Gasteiger partial charge in [-0.25, -0.2) is 13.2 Å². The number of nitrogens with zero attached hydrogens (tertiary/aromatic N) is 1. The third-order valence-corrected chi connectivity index (χ3v) is 6.68. The maximum absolute atomic E-state index is 12.4. The highest BCUT2D eigenvalue weighted by Gasteiger charge is 2.42. The molecule has 2 aliphatic rings. The van der Waals surface area contributed by atoms with Gasteiger partial charge in [0, 0.05) is 23.0 Å². The van der Waals surface area contributed by atoms with Gasteiger partial charge in [-0.3, -0.25) is 4.79 Å². The minimum absolute atomic E-state index is 0.0153. The average Bonchev–Trinajstić information content (AvgIpc) is 3.08. The van der Waals surface area contributed by atoms with E-state index >= 15 is 0 Å². The largest absolute Gasteiger partial charge is 0.452 e. The van der Waals surface area contributed by atoms with Gasteiger partial charge < -0.3 is 9.64 Å². The van der Waals surface area contributed by atoms with Crippen LogP contribution in [0.3, 0.4) is 0 Å². The number of hydrogen-bond donors (Lipinski definition) is 0. The molecule has 1 aliphatic carbocycles. The molecule has 1 aromatic heterocycles. The van der Waals surface area contributed by atoms with E-state index in [1.807, 2.05) is 17.5 Å². The summed E-state index contributed by atoms with van der Waals surface area (Å²) in [6.07, 6.45) is 5.17. The predicted octanol–water partition coefficient (Wildman–Crippen LogP) is 1.48. The summed E-state index contributed by atoms with van der Waals surface area (Å²) >= 11 is 1.50. The zero-order chi connectivity index (χ0) is 17.2. The highest BCUT2D eigenvalue weighted by molar-refractivity contribution is 7.91. The number of sulfone groups is 1. The molecule has 6 nitrogen and oxygen atoms in total. The number of carbonyl (C=O) groups is 2. The van der Waals surface area contributed by atoms with Gasteiger partial charge in [0.1, 0.15) is 0 Å². The van der Waals surface area contributed by atoms with Crippen LogP contribution in [-0.2, 0) is 24.2 Å². The van der Waals surface area contributed by atoms with Crippen molar-refractivity contribution in [3.8, 4) is 0 Å². The van der Waals surface area contributed by atoms with E-state index in [4.69, 9.17) is 4.74 Å². The SMILES string of the molecule is O=C(/C=C/c1cccs1)OCC(=O)N(C1CC1)[C@@H]1CCS(=O)(=O)C1. The molecular weight excluding hydrogens is 350 g/mol. The van der Waals surface area contributed by atoms with Crippen molar-refractivity contribution in [1.29, 1.82) is 0 Å². The summed E-state index contributed by atoms with van der Waals surface area (Å²) in [6, 6.07) is 3.56. The number of hydrogen-bond acceptors (Lipinski definition) is 6. The fraction of sp³-hybridized carbons (Fsp3) is 0.500. The second kappa shape index (κ2) is 7.06. The Hall–Kier alpha value is -1.67. The second-order valence-electron chi connectivity index (χ2n) is 6.05. The highest BCUT2D eigenvalue weighted by Crippen LogP contribution is 2.32. The normalized spacial score (nSPS) is 22.6. The van der Waals surface area contributed by atoms with E-state index in [-0.39, 0.29) is 36.1 Å². The maximum atomic E-state index is 12.4. The number of amides is 1. The summed E-state index contributed by atoms with van der Waals surface area (Å²) in [5.41, 5.74) is 0. The van der Waals surface area contributed by atoms with Crippen molar-refractivity contribution in [3.63, 3.8) is 0 Å². The molecule has 0 aromatic carbocycles. The van der Waals surface area contributed by atoms with Crippen molar-refractivity contribution in [2.45, 2.75) is 31.3 Å². The fourth-order valence-corrected chi connectivity index (χ4v) is 5.17. The van der Waals surface area contributed by atoms with Gasteiger partial charge in [-0.1, -0.05) is 6.07 Å². The molecule has 0 radical (unpaired) electrons. The first-order valence-electron chi connectivity index (χ1n) is 7.84. The summed E-state index contributed by atoms with van der Waals surface area (Å²) in [4.78, 5) is 26.6. The van der Waals surface area contributed by atoms with Gasteiger partial charge in [0.25, 0.3) is 5.91 Å². The van der Waals surface area contributed by atoms with Crippen LogP contribution in [0.4, 0.5) is 0 Å². The van der Waals surface area contributed by atoms with Gasteiger partial charge >= 0.3 is 5.97 Å². The van der Waals surface area contributed by atoms with Crippen LogP contribution in [0.15, 0.2) is 23.6 Å². The average molecular weight is 369 g/mol. The van der Waals surface area contributed by atoms with E-state index in [9.17, 15) is 18.0 Å². The summed E-state index contributed by atoms with van der Waals surface area (Å²) in [7, 11) is -3.06. The Morgan fingerprint density at radius 2 is 2.08 bits per heavy atom. The zero-order valence-corrected chi connectivity index (χ0v) is 14.7. The van der Waals surface area contributed by atoms with Gasteiger partial charge in [-0.15, -0.1) is 11.3 Å². The molecule has 1 amide bonds. The van der Waals surface area contributed by atoms with Crippen molar-refractivity contribution in [3.05, 3.63) is 28.5 Å². The lowest BCUT2D eigenvalue weighted by atomic mass is 10.2. The van der Waals surface area contributed by atoms with Gasteiger partial charge in [-0.05, 0) is 36.8 Å². The van der Waals surface area contributed by atoms with Crippen LogP contribution >= 0.6 is 11.3 Å². The first kappa shape index (κ1) is 17.2. The van der Waals surface area contributed by atoms with E-state index in [1.54, 1.807) is 11.0 Å². The Balaban J connectivity index is 1.53. The Labute approximate surface area is 145 Å². The van der Waals surface area contributed by atoms with Crippen molar-refractivity contribution in [2.24, 2.45) is 0 Å². The zero-order valence-electron chi connectivity index (χ0n) is 13.1. The van der Waals surface area contributed by atoms with Crippen LogP contribution in [-0.4, -0.2) is 55.4 Å². The van der Waals surface area contributed by atoms with Crippen molar-refractivity contribution < 1.29 is 22.7 Å². The van der Waals surface area contributed by atoms with Crippen LogP contribution in [0, 0.1) is 0 Å². The second-order valence-corrected chi connectivity index (χ2v) is 9.25. The quantitative estimate of drug-likeness (QED) is 0.560. The Morgan fingerprint density at radius 3 is 2.67 bits per heavy atom.